The van der Waals surface area contributed by atoms with Crippen molar-refractivity contribution in [2.45, 2.75) is 29.7 Å². The third-order valence-corrected chi connectivity index (χ3v) is 5.49. The number of ketones is 1. The smallest absolute Gasteiger partial charge is 0.481 e. The maximum absolute atomic E-state index is 12.1. The number of aliphatic hydroxyl groups is 1. The minimum absolute atomic E-state index is 0.0713. The Morgan fingerprint density at radius 3 is 2.06 bits per heavy atom. The van der Waals surface area contributed by atoms with Crippen LogP contribution in [0, 0.1) is 0 Å². The molecule has 4 N–H and O–H groups in total. The first kappa shape index (κ1) is 30.8. The topological polar surface area (TPSA) is 150 Å². The van der Waals surface area contributed by atoms with Gasteiger partial charge in [0.05, 0.1) is 12.2 Å². The lowest BCUT2D eigenvalue weighted by Gasteiger charge is -2.17. The van der Waals surface area contributed by atoms with Crippen LogP contribution in [0.3, 0.4) is 0 Å². The Morgan fingerprint density at radius 1 is 1.03 bits per heavy atom. The van der Waals surface area contributed by atoms with Crippen molar-refractivity contribution in [3.63, 3.8) is 0 Å². The molecule has 2 rings (SSSR count). The van der Waals surface area contributed by atoms with Crippen molar-refractivity contribution in [3.05, 3.63) is 54.1 Å². The van der Waals surface area contributed by atoms with E-state index in [2.05, 4.69) is 9.46 Å². The Bertz CT molecular complexity index is 1030. The number of carboxylic acid groups (broad SMARTS) is 2. The zero-order chi connectivity index (χ0) is 27.4. The van der Waals surface area contributed by atoms with Gasteiger partial charge in [0.25, 0.3) is 0 Å². The standard InChI is InChI=1S/C16H14F3NO2S2.C6H8O6/c1-23-10-15(21)11-2-4-12(5-3-11)20-24-14-8-6-13(7-9-14)22-16(17,18)19;7-2-1-6(12,5(10)11)3-4(8)9/h2-9,20H,10H2,1H3;2,12H,1,3H2,(H,8,9)(H,10,11). The van der Waals surface area contributed by atoms with Crippen LogP contribution in [-0.4, -0.2) is 63.3 Å². The van der Waals surface area contributed by atoms with E-state index in [0.29, 0.717) is 11.3 Å². The number of aliphatic carboxylic acids is 2. The normalized spacial score (nSPS) is 12.4. The molecule has 1 unspecified atom stereocenters. The second-order valence-corrected chi connectivity index (χ2v) is 8.68. The van der Waals surface area contributed by atoms with Crippen molar-refractivity contribution >= 4 is 53.4 Å². The lowest BCUT2D eigenvalue weighted by atomic mass is 9.97. The third-order valence-electron chi connectivity index (χ3n) is 4.09. The molecule has 0 spiro atoms. The van der Waals surface area contributed by atoms with Crippen LogP contribution >= 0.6 is 23.7 Å². The minimum atomic E-state index is -4.69. The summed E-state index contributed by atoms with van der Waals surface area (Å²) in [6, 6.07) is 12.6. The van der Waals surface area contributed by atoms with Gasteiger partial charge in [-0.1, -0.05) is 0 Å². The number of halogens is 3. The van der Waals surface area contributed by atoms with Gasteiger partial charge in [0.1, 0.15) is 12.0 Å². The molecule has 14 heteroatoms. The molecule has 0 saturated carbocycles. The molecule has 0 saturated heterocycles. The number of hydrogen-bond acceptors (Lipinski definition) is 9. The molecule has 2 aromatic rings. The average molecular weight is 550 g/mol. The van der Waals surface area contributed by atoms with Crippen LogP contribution < -0.4 is 9.46 Å². The number of carbonyl (C=O) groups is 4. The number of benzene rings is 2. The molecule has 0 aliphatic carbocycles. The Hall–Kier alpha value is -3.23. The Labute approximate surface area is 212 Å². The summed E-state index contributed by atoms with van der Waals surface area (Å²) in [5.74, 6) is -2.93. The van der Waals surface area contributed by atoms with Gasteiger partial charge in [-0.05, 0) is 66.7 Å². The van der Waals surface area contributed by atoms with Crippen molar-refractivity contribution in [1.29, 1.82) is 0 Å². The molecule has 196 valence electrons. The molecular formula is C22H22F3NO8S2. The minimum Gasteiger partial charge on any atom is -0.481 e. The van der Waals surface area contributed by atoms with E-state index >= 15 is 0 Å². The summed E-state index contributed by atoms with van der Waals surface area (Å²) in [5.41, 5.74) is -1.04. The molecule has 0 bridgehead atoms. The number of nitrogens with one attached hydrogen (secondary N) is 1. The van der Waals surface area contributed by atoms with Gasteiger partial charge in [0, 0.05) is 22.6 Å². The molecule has 0 heterocycles. The van der Waals surface area contributed by atoms with E-state index in [9.17, 15) is 32.3 Å². The summed E-state index contributed by atoms with van der Waals surface area (Å²) in [6.45, 7) is 0. The summed E-state index contributed by atoms with van der Waals surface area (Å²) >= 11 is 2.72. The Balaban J connectivity index is 0.000000457. The lowest BCUT2D eigenvalue weighted by Crippen LogP contribution is -2.41. The summed E-state index contributed by atoms with van der Waals surface area (Å²) in [6.07, 6.45) is -4.37. The fourth-order valence-electron chi connectivity index (χ4n) is 2.39. The van der Waals surface area contributed by atoms with Crippen LogP contribution in [0.5, 0.6) is 5.75 Å². The summed E-state index contributed by atoms with van der Waals surface area (Å²) in [7, 11) is 0. The highest BCUT2D eigenvalue weighted by atomic mass is 32.2. The molecule has 0 aromatic heterocycles. The number of aldehydes is 1. The van der Waals surface area contributed by atoms with Gasteiger partial charge < -0.3 is 29.6 Å². The van der Waals surface area contributed by atoms with Crippen molar-refractivity contribution in [2.24, 2.45) is 0 Å². The van der Waals surface area contributed by atoms with E-state index in [0.717, 1.165) is 10.6 Å². The predicted octanol–water partition coefficient (Wildman–Crippen LogP) is 4.12. The van der Waals surface area contributed by atoms with Crippen LogP contribution in [0.15, 0.2) is 53.4 Å². The maximum Gasteiger partial charge on any atom is 0.573 e. The van der Waals surface area contributed by atoms with Crippen molar-refractivity contribution in [3.8, 4) is 5.75 Å². The Kier molecular flexibility index (Phi) is 12.3. The van der Waals surface area contributed by atoms with Crippen molar-refractivity contribution in [2.75, 3.05) is 16.7 Å². The van der Waals surface area contributed by atoms with E-state index < -0.39 is 36.7 Å². The second kappa shape index (κ2) is 14.4. The van der Waals surface area contributed by atoms with Gasteiger partial charge in [0.15, 0.2) is 11.4 Å². The highest BCUT2D eigenvalue weighted by Crippen LogP contribution is 2.27. The largest absolute Gasteiger partial charge is 0.573 e. The monoisotopic (exact) mass is 549 g/mol. The average Bonchev–Trinajstić information content (AvgIpc) is 2.78. The highest BCUT2D eigenvalue weighted by Gasteiger charge is 2.38. The zero-order valence-corrected chi connectivity index (χ0v) is 20.3. The molecule has 0 amide bonds. The summed E-state index contributed by atoms with van der Waals surface area (Å²) < 4.78 is 43.1. The van der Waals surface area contributed by atoms with E-state index in [-0.39, 0.29) is 17.8 Å². The third kappa shape index (κ3) is 11.5. The maximum atomic E-state index is 12.1. The van der Waals surface area contributed by atoms with Crippen LogP contribution in [-0.2, 0) is 14.4 Å². The van der Waals surface area contributed by atoms with E-state index in [1.165, 1.54) is 48.0 Å². The number of anilines is 1. The molecule has 0 aliphatic heterocycles. The molecule has 1 atom stereocenters. The van der Waals surface area contributed by atoms with E-state index in [1.54, 1.807) is 24.3 Å². The fourth-order valence-corrected chi connectivity index (χ4v) is 3.46. The molecule has 36 heavy (non-hydrogen) atoms. The van der Waals surface area contributed by atoms with E-state index in [1.807, 2.05) is 6.26 Å². The number of ether oxygens (including phenoxy) is 1. The predicted molar refractivity (Wildman–Crippen MR) is 127 cm³/mol. The van der Waals surface area contributed by atoms with E-state index in [4.69, 9.17) is 15.3 Å². The van der Waals surface area contributed by atoms with Gasteiger partial charge in [-0.15, -0.1) is 13.2 Å². The summed E-state index contributed by atoms with van der Waals surface area (Å²) in [5, 5.41) is 25.6. The first-order valence-corrected chi connectivity index (χ1v) is 12.0. The molecule has 0 aliphatic rings. The molecule has 0 fully saturated rings. The highest BCUT2D eigenvalue weighted by molar-refractivity contribution is 8.00. The quantitative estimate of drug-likeness (QED) is 0.172. The van der Waals surface area contributed by atoms with Crippen molar-refractivity contribution < 1.29 is 52.4 Å². The number of Topliss-reactive ketones (excluding diaryl/α,β-unsaturated/α-hetero) is 1. The first-order chi connectivity index (χ1) is 16.8. The summed E-state index contributed by atoms with van der Waals surface area (Å²) in [4.78, 5) is 42.7. The van der Waals surface area contributed by atoms with Crippen LogP contribution in [0.1, 0.15) is 23.2 Å². The van der Waals surface area contributed by atoms with Crippen LogP contribution in [0.4, 0.5) is 18.9 Å². The Morgan fingerprint density at radius 2 is 1.61 bits per heavy atom. The van der Waals surface area contributed by atoms with Gasteiger partial charge in [-0.25, -0.2) is 4.79 Å². The van der Waals surface area contributed by atoms with Crippen LogP contribution in [0.2, 0.25) is 0 Å². The van der Waals surface area contributed by atoms with Gasteiger partial charge in [-0.3, -0.25) is 9.59 Å². The molecule has 2 aromatic carbocycles. The first-order valence-electron chi connectivity index (χ1n) is 9.81. The molecule has 9 nitrogen and oxygen atoms in total. The number of thioether (sulfide) groups is 1. The van der Waals surface area contributed by atoms with Crippen LogP contribution in [0.25, 0.3) is 0 Å². The van der Waals surface area contributed by atoms with Crippen molar-refractivity contribution in [1.82, 2.24) is 0 Å². The fraction of sp³-hybridized carbons (Fsp3) is 0.273. The zero-order valence-electron chi connectivity index (χ0n) is 18.7. The van der Waals surface area contributed by atoms with Gasteiger partial charge in [0.2, 0.25) is 0 Å². The van der Waals surface area contributed by atoms with Gasteiger partial charge >= 0.3 is 18.3 Å². The van der Waals surface area contributed by atoms with Gasteiger partial charge in [-0.2, -0.15) is 11.8 Å². The lowest BCUT2D eigenvalue weighted by molar-refractivity contribution is -0.274. The number of alkyl halides is 3. The SMILES string of the molecule is CSCC(=O)c1ccc(NSc2ccc(OC(F)(F)F)cc2)cc1.O=CCC(O)(CC(=O)O)C(=O)O. The second-order valence-electron chi connectivity index (χ2n) is 6.93. The molecular weight excluding hydrogens is 527 g/mol. The molecule has 0 radical (unpaired) electrons. The number of carbonyl (C=O) groups excluding carboxylic acids is 2. The number of carboxylic acids is 2. The number of rotatable bonds is 12. The number of hydrogen-bond donors (Lipinski definition) is 4.